The van der Waals surface area contributed by atoms with E-state index in [1.807, 2.05) is 20.8 Å². The summed E-state index contributed by atoms with van der Waals surface area (Å²) in [6.07, 6.45) is 0. The smallest absolute Gasteiger partial charge is 0.142 e. The van der Waals surface area contributed by atoms with Crippen LogP contribution in [-0.2, 0) is 12.0 Å². The molecule has 0 bridgehead atoms. The number of halogens is 2. The van der Waals surface area contributed by atoms with E-state index in [0.717, 1.165) is 5.56 Å². The van der Waals surface area contributed by atoms with Gasteiger partial charge in [0.2, 0.25) is 0 Å². The van der Waals surface area contributed by atoms with Crippen LogP contribution in [0.5, 0.6) is 0 Å². The maximum absolute atomic E-state index is 13.1. The lowest BCUT2D eigenvalue weighted by Gasteiger charge is -2.23. The number of hydrogen-bond donors (Lipinski definition) is 1. The molecule has 0 spiro atoms. The molecule has 0 radical (unpaired) electrons. The number of hydrogen-bond acceptors (Lipinski definition) is 1. The van der Waals surface area contributed by atoms with Gasteiger partial charge in [-0.3, -0.25) is 0 Å². The molecular weight excluding hydrogens is 203 g/mol. The van der Waals surface area contributed by atoms with Crippen molar-refractivity contribution in [3.05, 3.63) is 34.1 Å². The topological polar surface area (TPSA) is 20.2 Å². The van der Waals surface area contributed by atoms with Crippen molar-refractivity contribution in [3.63, 3.8) is 0 Å². The van der Waals surface area contributed by atoms with Crippen LogP contribution >= 0.6 is 11.6 Å². The van der Waals surface area contributed by atoms with Gasteiger partial charge in [-0.25, -0.2) is 4.39 Å². The monoisotopic (exact) mass is 216 g/mol. The van der Waals surface area contributed by atoms with Crippen molar-refractivity contribution in [2.24, 2.45) is 0 Å². The van der Waals surface area contributed by atoms with E-state index in [1.165, 1.54) is 6.07 Å². The highest BCUT2D eigenvalue weighted by molar-refractivity contribution is 6.31. The predicted octanol–water partition coefficient (Wildman–Crippen LogP) is 3.27. The second kappa shape index (κ2) is 3.87. The maximum atomic E-state index is 13.1. The lowest BCUT2D eigenvalue weighted by Crippen LogP contribution is -2.15. The second-order valence-corrected chi connectivity index (χ2v) is 4.67. The molecule has 1 aromatic rings. The molecule has 0 aliphatic rings. The molecule has 0 amide bonds. The molecule has 1 nitrogen and oxygen atoms in total. The number of aliphatic hydroxyl groups is 1. The minimum Gasteiger partial charge on any atom is -0.392 e. The average Bonchev–Trinajstić information content (AvgIpc) is 2.07. The zero-order valence-electron chi connectivity index (χ0n) is 8.56. The first kappa shape index (κ1) is 11.5. The first-order valence-electron chi connectivity index (χ1n) is 4.46. The van der Waals surface area contributed by atoms with E-state index < -0.39 is 5.82 Å². The van der Waals surface area contributed by atoms with E-state index in [9.17, 15) is 4.39 Å². The van der Waals surface area contributed by atoms with Crippen molar-refractivity contribution in [2.45, 2.75) is 32.8 Å². The van der Waals surface area contributed by atoms with Gasteiger partial charge in [0.05, 0.1) is 11.6 Å². The Morgan fingerprint density at radius 3 is 2.36 bits per heavy atom. The van der Waals surface area contributed by atoms with Crippen LogP contribution in [0.25, 0.3) is 0 Å². The number of aliphatic hydroxyl groups excluding tert-OH is 1. The van der Waals surface area contributed by atoms with Gasteiger partial charge in [-0.1, -0.05) is 38.4 Å². The minimum absolute atomic E-state index is 0.0277. The van der Waals surface area contributed by atoms with Gasteiger partial charge in [-0.05, 0) is 17.0 Å². The van der Waals surface area contributed by atoms with Crippen LogP contribution in [0.1, 0.15) is 31.9 Å². The van der Waals surface area contributed by atoms with Crippen LogP contribution in [0.15, 0.2) is 12.1 Å². The summed E-state index contributed by atoms with van der Waals surface area (Å²) >= 11 is 5.77. The van der Waals surface area contributed by atoms with Crippen molar-refractivity contribution < 1.29 is 9.50 Å². The van der Waals surface area contributed by atoms with E-state index in [4.69, 9.17) is 16.7 Å². The molecule has 78 valence electrons. The molecule has 0 heterocycles. The molecule has 1 rings (SSSR count). The molecular formula is C11H14ClFO. The summed E-state index contributed by atoms with van der Waals surface area (Å²) in [5.74, 6) is -0.483. The molecule has 0 aromatic heterocycles. The molecule has 0 saturated carbocycles. The van der Waals surface area contributed by atoms with Crippen molar-refractivity contribution in [1.82, 2.24) is 0 Å². The highest BCUT2D eigenvalue weighted by atomic mass is 35.5. The fourth-order valence-electron chi connectivity index (χ4n) is 1.45. The molecule has 14 heavy (non-hydrogen) atoms. The minimum atomic E-state index is -0.483. The van der Waals surface area contributed by atoms with Crippen molar-refractivity contribution in [3.8, 4) is 0 Å². The third-order valence-electron chi connectivity index (χ3n) is 2.16. The zero-order valence-corrected chi connectivity index (χ0v) is 9.32. The molecule has 0 aliphatic carbocycles. The molecule has 0 saturated heterocycles. The Morgan fingerprint density at radius 2 is 1.93 bits per heavy atom. The van der Waals surface area contributed by atoms with E-state index in [2.05, 4.69) is 0 Å². The first-order valence-corrected chi connectivity index (χ1v) is 4.84. The zero-order chi connectivity index (χ0) is 10.9. The SMILES string of the molecule is CC(C)(C)c1ccc(F)c(Cl)c1CO. The Balaban J connectivity index is 3.39. The molecule has 1 N–H and O–H groups in total. The largest absolute Gasteiger partial charge is 0.392 e. The quantitative estimate of drug-likeness (QED) is 0.764. The maximum Gasteiger partial charge on any atom is 0.142 e. The molecule has 0 unspecified atom stereocenters. The summed E-state index contributed by atoms with van der Waals surface area (Å²) in [5, 5.41) is 9.16. The lowest BCUT2D eigenvalue weighted by molar-refractivity contribution is 0.278. The van der Waals surface area contributed by atoms with Crippen LogP contribution in [0.2, 0.25) is 5.02 Å². The van der Waals surface area contributed by atoms with Crippen LogP contribution < -0.4 is 0 Å². The van der Waals surface area contributed by atoms with Gasteiger partial charge in [-0.15, -0.1) is 0 Å². The van der Waals surface area contributed by atoms with Crippen LogP contribution in [0.4, 0.5) is 4.39 Å². The van der Waals surface area contributed by atoms with Crippen LogP contribution in [-0.4, -0.2) is 5.11 Å². The standard InChI is InChI=1S/C11H14ClFO/c1-11(2,3)8-4-5-9(13)10(12)7(8)6-14/h4-5,14H,6H2,1-3H3. The van der Waals surface area contributed by atoms with E-state index in [-0.39, 0.29) is 17.0 Å². The summed E-state index contributed by atoms with van der Waals surface area (Å²) in [4.78, 5) is 0. The first-order chi connectivity index (χ1) is 6.38. The Hall–Kier alpha value is -0.600. The Morgan fingerprint density at radius 1 is 1.36 bits per heavy atom. The van der Waals surface area contributed by atoms with Crippen molar-refractivity contribution >= 4 is 11.6 Å². The van der Waals surface area contributed by atoms with Gasteiger partial charge in [0, 0.05) is 5.56 Å². The average molecular weight is 217 g/mol. The van der Waals surface area contributed by atoms with Crippen LogP contribution in [0, 0.1) is 5.82 Å². The summed E-state index contributed by atoms with van der Waals surface area (Å²) in [6.45, 7) is 5.75. The van der Waals surface area contributed by atoms with Gasteiger partial charge in [0.25, 0.3) is 0 Å². The fourth-order valence-corrected chi connectivity index (χ4v) is 1.67. The third-order valence-corrected chi connectivity index (χ3v) is 2.57. The summed E-state index contributed by atoms with van der Waals surface area (Å²) in [5.41, 5.74) is 1.22. The molecule has 1 aromatic carbocycles. The Kier molecular flexibility index (Phi) is 3.17. The van der Waals surface area contributed by atoms with Gasteiger partial charge in [0.1, 0.15) is 5.82 Å². The highest BCUT2D eigenvalue weighted by Crippen LogP contribution is 2.31. The Bertz CT molecular complexity index is 342. The molecule has 0 fully saturated rings. The molecule has 3 heteroatoms. The Labute approximate surface area is 88.5 Å². The summed E-state index contributed by atoms with van der Waals surface area (Å²) in [7, 11) is 0. The van der Waals surface area contributed by atoms with Crippen molar-refractivity contribution in [1.29, 1.82) is 0 Å². The number of rotatable bonds is 1. The van der Waals surface area contributed by atoms with E-state index in [0.29, 0.717) is 5.56 Å². The second-order valence-electron chi connectivity index (χ2n) is 4.30. The van der Waals surface area contributed by atoms with Crippen molar-refractivity contribution in [2.75, 3.05) is 0 Å². The number of benzene rings is 1. The molecule has 0 atom stereocenters. The molecule has 0 aliphatic heterocycles. The predicted molar refractivity (Wildman–Crippen MR) is 56.0 cm³/mol. The van der Waals surface area contributed by atoms with Gasteiger partial charge < -0.3 is 5.11 Å². The van der Waals surface area contributed by atoms with Crippen LogP contribution in [0.3, 0.4) is 0 Å². The lowest BCUT2D eigenvalue weighted by atomic mass is 9.84. The summed E-state index contributed by atoms with van der Waals surface area (Å²) in [6, 6.07) is 3.01. The highest BCUT2D eigenvalue weighted by Gasteiger charge is 2.20. The van der Waals surface area contributed by atoms with Gasteiger partial charge in [0.15, 0.2) is 0 Å². The van der Waals surface area contributed by atoms with Gasteiger partial charge in [-0.2, -0.15) is 0 Å². The van der Waals surface area contributed by atoms with E-state index in [1.54, 1.807) is 6.07 Å². The fraction of sp³-hybridized carbons (Fsp3) is 0.455. The normalized spacial score (nSPS) is 11.9. The summed E-state index contributed by atoms with van der Waals surface area (Å²) < 4.78 is 13.1. The van der Waals surface area contributed by atoms with E-state index >= 15 is 0 Å². The third kappa shape index (κ3) is 2.07. The van der Waals surface area contributed by atoms with Gasteiger partial charge >= 0.3 is 0 Å².